The van der Waals surface area contributed by atoms with Crippen molar-refractivity contribution in [3.63, 3.8) is 0 Å². The Labute approximate surface area is 348 Å². The van der Waals surface area contributed by atoms with Crippen LogP contribution in [0.3, 0.4) is 0 Å². The summed E-state index contributed by atoms with van der Waals surface area (Å²) in [5, 5.41) is 8.88. The Hall–Kier alpha value is -3.86. The van der Waals surface area contributed by atoms with E-state index in [1.165, 1.54) is 19.3 Å². The third kappa shape index (κ3) is 39.0. The number of ether oxygens (including phenoxy) is 2. The minimum atomic E-state index is -4.75. The van der Waals surface area contributed by atoms with Crippen molar-refractivity contribution in [1.82, 2.24) is 0 Å². The van der Waals surface area contributed by atoms with Crippen molar-refractivity contribution in [3.05, 3.63) is 109 Å². The van der Waals surface area contributed by atoms with E-state index in [9.17, 15) is 23.8 Å². The lowest BCUT2D eigenvalue weighted by molar-refractivity contribution is -0.161. The smallest absolute Gasteiger partial charge is 0.472 e. The lowest BCUT2D eigenvalue weighted by atomic mass is 10.1. The van der Waals surface area contributed by atoms with Gasteiger partial charge in [0.1, 0.15) is 12.6 Å². The van der Waals surface area contributed by atoms with Gasteiger partial charge in [0.2, 0.25) is 0 Å². The fourth-order valence-corrected chi connectivity index (χ4v) is 5.52. The third-order valence-corrected chi connectivity index (χ3v) is 8.97. The van der Waals surface area contributed by atoms with Crippen LogP contribution in [0.5, 0.6) is 0 Å². The maximum atomic E-state index is 12.6. The molecule has 11 nitrogen and oxygen atoms in total. The molecule has 58 heavy (non-hydrogen) atoms. The number of allylic oxidation sites excluding steroid dienone is 18. The van der Waals surface area contributed by atoms with Gasteiger partial charge < -0.3 is 25.2 Å². The average Bonchev–Trinajstić information content (AvgIpc) is 3.20. The van der Waals surface area contributed by atoms with Crippen LogP contribution in [-0.2, 0) is 37.5 Å². The molecule has 0 bridgehead atoms. The highest BCUT2D eigenvalue weighted by molar-refractivity contribution is 7.47. The molecule has 0 saturated carbocycles. The molecule has 0 aromatic rings. The molecule has 0 heterocycles. The maximum Gasteiger partial charge on any atom is 0.472 e. The molecular weight excluding hydrogens is 757 g/mol. The monoisotopic (exact) mass is 829 g/mol. The molecule has 0 rings (SSSR count). The number of phosphoric ester groups is 1. The van der Waals surface area contributed by atoms with E-state index >= 15 is 0 Å². The van der Waals surface area contributed by atoms with Crippen LogP contribution < -0.4 is 5.73 Å². The second-order valence-corrected chi connectivity index (χ2v) is 14.8. The van der Waals surface area contributed by atoms with Gasteiger partial charge in [0.05, 0.1) is 13.2 Å². The summed E-state index contributed by atoms with van der Waals surface area (Å²) in [5.41, 5.74) is 5.32. The molecule has 0 aromatic heterocycles. The molecule has 4 N–H and O–H groups in total. The van der Waals surface area contributed by atoms with Crippen LogP contribution in [0.25, 0.3) is 0 Å². The van der Waals surface area contributed by atoms with Crippen LogP contribution in [0, 0.1) is 0 Å². The molecule has 0 aliphatic rings. The summed E-state index contributed by atoms with van der Waals surface area (Å²) in [6, 6.07) is -1.54. The zero-order valence-corrected chi connectivity index (χ0v) is 36.0. The number of esters is 2. The second kappa shape index (κ2) is 39.9. The minimum Gasteiger partial charge on any atom is -0.480 e. The van der Waals surface area contributed by atoms with E-state index in [2.05, 4.69) is 116 Å². The standard InChI is InChI=1S/C46H72NO10P/c1-3-5-7-9-11-13-15-17-19-20-21-22-24-25-27-29-31-33-35-37-44(48)54-39-42(40-55-58(52,53)56-41-43(47)46(50)51)57-45(49)38-36-34-32-30-28-26-23-18-16-14-12-10-8-6-4-2/h5,7,11-14,17-19,21-23,25,27-28,30-31,33,42-43H,3-4,6,8-10,15-16,20,24,26,29,32,34-41,47H2,1-2H3,(H,50,51)(H,52,53)/b7-5+,13-11+,14-12+,19-17+,22-21+,23-18+,27-25+,30-28+,33-31+/t42-,43+/m1/s1. The van der Waals surface area contributed by atoms with Crippen LogP contribution >= 0.6 is 7.82 Å². The zero-order chi connectivity index (χ0) is 42.8. The molecule has 0 aliphatic heterocycles. The van der Waals surface area contributed by atoms with E-state index in [1.807, 2.05) is 12.2 Å². The third-order valence-electron chi connectivity index (χ3n) is 8.02. The first kappa shape index (κ1) is 54.1. The molecule has 0 aliphatic carbocycles. The van der Waals surface area contributed by atoms with Gasteiger partial charge in [0, 0.05) is 12.8 Å². The Morgan fingerprint density at radius 2 is 0.983 bits per heavy atom. The van der Waals surface area contributed by atoms with E-state index < -0.39 is 57.7 Å². The molecule has 12 heteroatoms. The first-order valence-corrected chi connectivity index (χ1v) is 22.4. The van der Waals surface area contributed by atoms with Crippen molar-refractivity contribution in [1.29, 1.82) is 0 Å². The Morgan fingerprint density at radius 3 is 1.45 bits per heavy atom. The van der Waals surface area contributed by atoms with Crippen molar-refractivity contribution in [3.8, 4) is 0 Å². The number of carboxylic acid groups (broad SMARTS) is 1. The Morgan fingerprint density at radius 1 is 0.552 bits per heavy atom. The summed E-state index contributed by atoms with van der Waals surface area (Å²) >= 11 is 0. The topological polar surface area (TPSA) is 172 Å². The van der Waals surface area contributed by atoms with Gasteiger partial charge in [0.25, 0.3) is 0 Å². The van der Waals surface area contributed by atoms with Crippen LogP contribution in [0.4, 0.5) is 0 Å². The highest BCUT2D eigenvalue weighted by Crippen LogP contribution is 2.43. The van der Waals surface area contributed by atoms with Crippen molar-refractivity contribution in [2.24, 2.45) is 5.73 Å². The van der Waals surface area contributed by atoms with Gasteiger partial charge in [-0.05, 0) is 89.9 Å². The van der Waals surface area contributed by atoms with Crippen molar-refractivity contribution in [2.75, 3.05) is 19.8 Å². The largest absolute Gasteiger partial charge is 0.480 e. The number of nitrogens with two attached hydrogens (primary N) is 1. The molecule has 0 radical (unpaired) electrons. The molecule has 3 atom stereocenters. The average molecular weight is 830 g/mol. The van der Waals surface area contributed by atoms with Crippen molar-refractivity contribution < 1.29 is 47.5 Å². The maximum absolute atomic E-state index is 12.6. The molecule has 0 amide bonds. The van der Waals surface area contributed by atoms with E-state index in [0.29, 0.717) is 12.8 Å². The van der Waals surface area contributed by atoms with Crippen molar-refractivity contribution >= 4 is 25.7 Å². The molecule has 0 fully saturated rings. The van der Waals surface area contributed by atoms with E-state index in [0.717, 1.165) is 70.6 Å². The number of phosphoric acid groups is 1. The Balaban J connectivity index is 4.60. The Kier molecular flexibility index (Phi) is 37.3. The number of carbonyl (C=O) groups excluding carboxylic acids is 2. The second-order valence-electron chi connectivity index (χ2n) is 13.4. The summed E-state index contributed by atoms with van der Waals surface area (Å²) in [5.74, 6) is -2.55. The summed E-state index contributed by atoms with van der Waals surface area (Å²) in [6.07, 6.45) is 51.7. The van der Waals surface area contributed by atoms with Crippen LogP contribution in [0.15, 0.2) is 109 Å². The number of hydrogen-bond donors (Lipinski definition) is 3. The molecule has 0 saturated heterocycles. The van der Waals surface area contributed by atoms with Gasteiger partial charge in [-0.3, -0.25) is 23.4 Å². The SMILES string of the molecule is CC/C=C/C/C=C/C/C=C/C/C=C/C/C=C/C/C=C/CCC(=O)OC[C@H](COP(=O)(O)OC[C@H](N)C(=O)O)OC(=O)CCCC/C=C/C/C=C/C/C=C/CCCCC. The van der Waals surface area contributed by atoms with E-state index in [1.54, 1.807) is 0 Å². The van der Waals surface area contributed by atoms with E-state index in [4.69, 9.17) is 24.8 Å². The highest BCUT2D eigenvalue weighted by Gasteiger charge is 2.28. The lowest BCUT2D eigenvalue weighted by Gasteiger charge is -2.20. The first-order chi connectivity index (χ1) is 28.1. The van der Waals surface area contributed by atoms with Gasteiger partial charge in [-0.2, -0.15) is 0 Å². The molecule has 326 valence electrons. The number of aliphatic carboxylic acids is 1. The highest BCUT2D eigenvalue weighted by atomic mass is 31.2. The number of rotatable bonds is 37. The zero-order valence-electron chi connectivity index (χ0n) is 35.1. The van der Waals surface area contributed by atoms with Gasteiger partial charge >= 0.3 is 25.7 Å². The quantitative estimate of drug-likeness (QED) is 0.0235. The van der Waals surface area contributed by atoms with Gasteiger partial charge in [-0.1, -0.05) is 136 Å². The number of carboxylic acids is 1. The fraction of sp³-hybridized carbons (Fsp3) is 0.543. The number of unbranched alkanes of at least 4 members (excludes halogenated alkanes) is 5. The molecule has 1 unspecified atom stereocenters. The molecular formula is C46H72NO10P. The fourth-order valence-electron chi connectivity index (χ4n) is 4.74. The number of carbonyl (C=O) groups is 3. The predicted octanol–water partition coefficient (Wildman–Crippen LogP) is 11.1. The van der Waals surface area contributed by atoms with Gasteiger partial charge in [0.15, 0.2) is 6.10 Å². The number of hydrogen-bond acceptors (Lipinski definition) is 9. The van der Waals surface area contributed by atoms with Crippen LogP contribution in [0.2, 0.25) is 0 Å². The Bertz CT molecular complexity index is 1390. The summed E-state index contributed by atoms with van der Waals surface area (Å²) in [7, 11) is -4.75. The lowest BCUT2D eigenvalue weighted by Crippen LogP contribution is -2.34. The summed E-state index contributed by atoms with van der Waals surface area (Å²) in [4.78, 5) is 45.9. The normalized spacial score (nSPS) is 14.8. The van der Waals surface area contributed by atoms with Crippen LogP contribution in [-0.4, -0.2) is 59.9 Å². The molecule has 0 aromatic carbocycles. The van der Waals surface area contributed by atoms with Gasteiger partial charge in [-0.15, -0.1) is 0 Å². The minimum absolute atomic E-state index is 0.0812. The van der Waals surface area contributed by atoms with Crippen molar-refractivity contribution in [2.45, 2.75) is 142 Å². The first-order valence-electron chi connectivity index (χ1n) is 20.9. The van der Waals surface area contributed by atoms with E-state index in [-0.39, 0.29) is 12.8 Å². The van der Waals surface area contributed by atoms with Gasteiger partial charge in [-0.25, -0.2) is 4.57 Å². The predicted molar refractivity (Wildman–Crippen MR) is 235 cm³/mol. The summed E-state index contributed by atoms with van der Waals surface area (Å²) in [6.45, 7) is 2.51. The molecule has 0 spiro atoms. The van der Waals surface area contributed by atoms with Crippen LogP contribution in [0.1, 0.15) is 129 Å². The summed E-state index contributed by atoms with van der Waals surface area (Å²) < 4.78 is 32.5.